The first-order valence-corrected chi connectivity index (χ1v) is 8.21. The normalized spacial score (nSPS) is 23.7. The zero-order valence-electron chi connectivity index (χ0n) is 14.2. The molecule has 122 valence electrons. The van der Waals surface area contributed by atoms with Crippen LogP contribution in [-0.4, -0.2) is 22.5 Å². The van der Waals surface area contributed by atoms with Crippen LogP contribution in [0.5, 0.6) is 0 Å². The Labute approximate surface area is 128 Å². The SMILES string of the molecule is CCC(CC)(NC(=O)C1CCC(C(C)(C)C)CC1)C(=O)O. The number of carboxylic acids is 1. The quantitative estimate of drug-likeness (QED) is 0.815. The summed E-state index contributed by atoms with van der Waals surface area (Å²) in [6.45, 7) is 10.4. The second-order valence-corrected chi connectivity index (χ2v) is 7.50. The largest absolute Gasteiger partial charge is 0.480 e. The van der Waals surface area contributed by atoms with Crippen LogP contribution in [0, 0.1) is 17.3 Å². The molecular weight excluding hydrogens is 266 g/mol. The molecule has 4 heteroatoms. The smallest absolute Gasteiger partial charge is 0.329 e. The van der Waals surface area contributed by atoms with Crippen molar-refractivity contribution in [3.63, 3.8) is 0 Å². The van der Waals surface area contributed by atoms with Crippen molar-refractivity contribution in [1.82, 2.24) is 5.32 Å². The molecule has 1 amide bonds. The lowest BCUT2D eigenvalue weighted by Gasteiger charge is -2.37. The van der Waals surface area contributed by atoms with Gasteiger partial charge in [-0.05, 0) is 49.9 Å². The molecule has 0 aromatic rings. The summed E-state index contributed by atoms with van der Waals surface area (Å²) in [7, 11) is 0. The molecule has 0 bridgehead atoms. The van der Waals surface area contributed by atoms with Gasteiger partial charge in [0.2, 0.25) is 5.91 Å². The van der Waals surface area contributed by atoms with Gasteiger partial charge >= 0.3 is 5.97 Å². The van der Waals surface area contributed by atoms with Gasteiger partial charge in [0.25, 0.3) is 0 Å². The highest BCUT2D eigenvalue weighted by Gasteiger charge is 2.39. The molecular formula is C17H31NO3. The molecule has 0 aromatic carbocycles. The topological polar surface area (TPSA) is 66.4 Å². The number of carboxylic acid groups (broad SMARTS) is 1. The molecule has 0 aliphatic heterocycles. The van der Waals surface area contributed by atoms with E-state index in [0.717, 1.165) is 25.7 Å². The highest BCUT2D eigenvalue weighted by atomic mass is 16.4. The van der Waals surface area contributed by atoms with E-state index in [1.807, 2.05) is 13.8 Å². The van der Waals surface area contributed by atoms with Crippen molar-refractivity contribution < 1.29 is 14.7 Å². The Morgan fingerprint density at radius 1 is 1.05 bits per heavy atom. The van der Waals surface area contributed by atoms with E-state index in [9.17, 15) is 14.7 Å². The molecule has 1 rings (SSSR count). The van der Waals surface area contributed by atoms with Gasteiger partial charge in [-0.15, -0.1) is 0 Å². The Kier molecular flexibility index (Phi) is 5.83. The number of aliphatic carboxylic acids is 1. The van der Waals surface area contributed by atoms with Crippen LogP contribution in [0.15, 0.2) is 0 Å². The lowest BCUT2D eigenvalue weighted by molar-refractivity contribution is -0.149. The number of carbonyl (C=O) groups is 2. The van der Waals surface area contributed by atoms with Crippen LogP contribution in [0.3, 0.4) is 0 Å². The number of carbonyl (C=O) groups excluding carboxylic acids is 1. The van der Waals surface area contributed by atoms with Gasteiger partial charge in [-0.3, -0.25) is 4.79 Å². The van der Waals surface area contributed by atoms with Gasteiger partial charge in [0.1, 0.15) is 5.54 Å². The summed E-state index contributed by atoms with van der Waals surface area (Å²) in [5, 5.41) is 12.2. The summed E-state index contributed by atoms with van der Waals surface area (Å²) in [5.74, 6) is -0.374. The van der Waals surface area contributed by atoms with Gasteiger partial charge in [0, 0.05) is 5.92 Å². The average molecular weight is 297 g/mol. The summed E-state index contributed by atoms with van der Waals surface area (Å²) >= 11 is 0. The fraction of sp³-hybridized carbons (Fsp3) is 0.882. The highest BCUT2D eigenvalue weighted by Crippen LogP contribution is 2.40. The van der Waals surface area contributed by atoms with Crippen LogP contribution in [0.25, 0.3) is 0 Å². The molecule has 0 heterocycles. The van der Waals surface area contributed by atoms with Gasteiger partial charge in [-0.25, -0.2) is 4.79 Å². The molecule has 0 unspecified atom stereocenters. The molecule has 4 nitrogen and oxygen atoms in total. The second-order valence-electron chi connectivity index (χ2n) is 7.50. The summed E-state index contributed by atoms with van der Waals surface area (Å²) in [4.78, 5) is 23.9. The molecule has 1 saturated carbocycles. The van der Waals surface area contributed by atoms with E-state index < -0.39 is 11.5 Å². The lowest BCUT2D eigenvalue weighted by Crippen LogP contribution is -2.55. The third-order valence-corrected chi connectivity index (χ3v) is 5.30. The fourth-order valence-corrected chi connectivity index (χ4v) is 3.34. The van der Waals surface area contributed by atoms with Crippen LogP contribution >= 0.6 is 0 Å². The molecule has 0 aromatic heterocycles. The second kappa shape index (κ2) is 6.80. The maximum Gasteiger partial charge on any atom is 0.329 e. The van der Waals surface area contributed by atoms with Gasteiger partial charge in [-0.1, -0.05) is 34.6 Å². The van der Waals surface area contributed by atoms with Gasteiger partial charge < -0.3 is 10.4 Å². The van der Waals surface area contributed by atoms with Crippen molar-refractivity contribution in [2.75, 3.05) is 0 Å². The molecule has 1 aliphatic carbocycles. The molecule has 1 fully saturated rings. The van der Waals surface area contributed by atoms with Crippen LogP contribution in [-0.2, 0) is 9.59 Å². The van der Waals surface area contributed by atoms with Gasteiger partial charge in [0.15, 0.2) is 0 Å². The first-order valence-electron chi connectivity index (χ1n) is 8.21. The third kappa shape index (κ3) is 4.21. The first kappa shape index (κ1) is 18.0. The van der Waals surface area contributed by atoms with Crippen molar-refractivity contribution in [3.8, 4) is 0 Å². The Balaban J connectivity index is 2.64. The van der Waals surface area contributed by atoms with E-state index in [2.05, 4.69) is 26.1 Å². The predicted molar refractivity (Wildman–Crippen MR) is 84.0 cm³/mol. The van der Waals surface area contributed by atoms with E-state index in [0.29, 0.717) is 24.2 Å². The molecule has 0 saturated heterocycles. The number of nitrogens with one attached hydrogen (secondary N) is 1. The summed E-state index contributed by atoms with van der Waals surface area (Å²) in [6, 6.07) is 0. The molecule has 1 aliphatic rings. The Morgan fingerprint density at radius 2 is 1.52 bits per heavy atom. The predicted octanol–water partition coefficient (Wildman–Crippen LogP) is 3.60. The summed E-state index contributed by atoms with van der Waals surface area (Å²) in [6.07, 6.45) is 4.69. The Morgan fingerprint density at radius 3 is 1.86 bits per heavy atom. The van der Waals surface area contributed by atoms with E-state index in [1.165, 1.54) is 0 Å². The number of amides is 1. The molecule has 0 atom stereocenters. The van der Waals surface area contributed by atoms with Crippen molar-refractivity contribution in [2.45, 2.75) is 78.7 Å². The van der Waals surface area contributed by atoms with Crippen LogP contribution in [0.4, 0.5) is 0 Å². The average Bonchev–Trinajstić information content (AvgIpc) is 2.43. The van der Waals surface area contributed by atoms with E-state index in [1.54, 1.807) is 0 Å². The lowest BCUT2D eigenvalue weighted by atomic mass is 9.69. The van der Waals surface area contributed by atoms with Crippen LogP contribution < -0.4 is 5.32 Å². The zero-order valence-corrected chi connectivity index (χ0v) is 14.2. The van der Waals surface area contributed by atoms with E-state index in [-0.39, 0.29) is 11.8 Å². The molecule has 0 spiro atoms. The fourth-order valence-electron chi connectivity index (χ4n) is 3.34. The van der Waals surface area contributed by atoms with Crippen LogP contribution in [0.1, 0.15) is 73.1 Å². The van der Waals surface area contributed by atoms with E-state index in [4.69, 9.17) is 0 Å². The van der Waals surface area contributed by atoms with Crippen molar-refractivity contribution in [1.29, 1.82) is 0 Å². The Bertz CT molecular complexity index is 372. The highest BCUT2D eigenvalue weighted by molar-refractivity contribution is 5.88. The summed E-state index contributed by atoms with van der Waals surface area (Å²) in [5.41, 5.74) is -0.808. The first-order chi connectivity index (χ1) is 9.66. The van der Waals surface area contributed by atoms with Crippen LogP contribution in [0.2, 0.25) is 0 Å². The minimum absolute atomic E-state index is 0.0274. The molecule has 21 heavy (non-hydrogen) atoms. The standard InChI is InChI=1S/C17H31NO3/c1-6-17(7-2,15(20)21)18-14(19)12-8-10-13(11-9-12)16(3,4)5/h12-13H,6-11H2,1-5H3,(H,18,19)(H,20,21). The maximum absolute atomic E-state index is 12.4. The van der Waals surface area contributed by atoms with Crippen molar-refractivity contribution >= 4 is 11.9 Å². The van der Waals surface area contributed by atoms with E-state index >= 15 is 0 Å². The summed E-state index contributed by atoms with van der Waals surface area (Å²) < 4.78 is 0. The third-order valence-electron chi connectivity index (χ3n) is 5.30. The maximum atomic E-state index is 12.4. The minimum atomic E-state index is -1.10. The zero-order chi connectivity index (χ0) is 16.3. The Hall–Kier alpha value is -1.06. The van der Waals surface area contributed by atoms with Crippen molar-refractivity contribution in [3.05, 3.63) is 0 Å². The van der Waals surface area contributed by atoms with Crippen molar-refractivity contribution in [2.24, 2.45) is 17.3 Å². The molecule has 0 radical (unpaired) electrons. The monoisotopic (exact) mass is 297 g/mol. The number of hydrogen-bond donors (Lipinski definition) is 2. The number of rotatable bonds is 5. The number of hydrogen-bond acceptors (Lipinski definition) is 2. The van der Waals surface area contributed by atoms with Gasteiger partial charge in [0.05, 0.1) is 0 Å². The minimum Gasteiger partial charge on any atom is -0.480 e. The van der Waals surface area contributed by atoms with Gasteiger partial charge in [-0.2, -0.15) is 0 Å². The molecule has 2 N–H and O–H groups in total.